The molecule has 1 unspecified atom stereocenters. The van der Waals surface area contributed by atoms with E-state index in [1.165, 1.54) is 0 Å². The first-order chi connectivity index (χ1) is 7.66. The van der Waals surface area contributed by atoms with E-state index in [0.29, 0.717) is 17.9 Å². The molecule has 16 heavy (non-hydrogen) atoms. The van der Waals surface area contributed by atoms with Gasteiger partial charge in [0.15, 0.2) is 0 Å². The Kier molecular flexibility index (Phi) is 3.10. The summed E-state index contributed by atoms with van der Waals surface area (Å²) in [6.07, 6.45) is 0.882. The molecule has 2 rings (SSSR count). The van der Waals surface area contributed by atoms with Gasteiger partial charge in [-0.2, -0.15) is 0 Å². The highest BCUT2D eigenvalue weighted by molar-refractivity contribution is 5.96. The lowest BCUT2D eigenvalue weighted by Crippen LogP contribution is -2.35. The molecule has 1 aliphatic heterocycles. The van der Waals surface area contributed by atoms with Crippen LogP contribution in [0, 0.1) is 6.92 Å². The molecule has 1 atom stereocenters. The van der Waals surface area contributed by atoms with Crippen LogP contribution >= 0.6 is 0 Å². The number of rotatable bonds is 2. The minimum atomic E-state index is -0.0692. The highest BCUT2D eigenvalue weighted by Gasteiger charge is 2.19. The molecule has 1 heterocycles. The highest BCUT2D eigenvalue weighted by Crippen LogP contribution is 2.13. The number of anilines is 1. The van der Waals surface area contributed by atoms with Gasteiger partial charge in [-0.25, -0.2) is 0 Å². The fraction of sp³-hybridized carbons (Fsp3) is 0.417. The molecule has 86 valence electrons. The summed E-state index contributed by atoms with van der Waals surface area (Å²) in [6.45, 7) is 3.23. The van der Waals surface area contributed by atoms with E-state index in [-0.39, 0.29) is 11.9 Å². The zero-order chi connectivity index (χ0) is 11.5. The monoisotopic (exact) mass is 220 g/mol. The molecule has 1 fully saturated rings. The maximum atomic E-state index is 12.0. The molecule has 0 aromatic heterocycles. The molecule has 4 nitrogen and oxygen atoms in total. The minimum Gasteiger partial charge on any atom is -0.399 e. The number of nitrogen functional groups attached to an aromatic ring is 1. The summed E-state index contributed by atoms with van der Waals surface area (Å²) in [4.78, 5) is 12.0. The van der Waals surface area contributed by atoms with Gasteiger partial charge in [0.05, 0.1) is 12.6 Å². The number of hydrogen-bond donors (Lipinski definition) is 2. The standard InChI is InChI=1S/C12H16N2O2/c1-8-2-3-9(13)6-11(8)12(15)14-10-4-5-16-7-10/h2-3,6,10H,4-5,7,13H2,1H3,(H,14,15). The number of benzene rings is 1. The number of carbonyl (C=O) groups excluding carboxylic acids is 1. The molecule has 0 saturated carbocycles. The first kappa shape index (κ1) is 11.0. The van der Waals surface area contributed by atoms with Crippen molar-refractivity contribution in [3.8, 4) is 0 Å². The second-order valence-corrected chi connectivity index (χ2v) is 4.11. The average Bonchev–Trinajstić information content (AvgIpc) is 2.74. The third-order valence-electron chi connectivity index (χ3n) is 2.77. The molecule has 3 N–H and O–H groups in total. The maximum Gasteiger partial charge on any atom is 0.251 e. The number of carbonyl (C=O) groups is 1. The van der Waals surface area contributed by atoms with Gasteiger partial charge < -0.3 is 15.8 Å². The second-order valence-electron chi connectivity index (χ2n) is 4.11. The Labute approximate surface area is 94.8 Å². The van der Waals surface area contributed by atoms with Gasteiger partial charge in [0.25, 0.3) is 5.91 Å². The lowest BCUT2D eigenvalue weighted by atomic mass is 10.1. The number of amides is 1. The van der Waals surface area contributed by atoms with Crippen molar-refractivity contribution in [1.82, 2.24) is 5.32 Å². The molecular formula is C12H16N2O2. The maximum absolute atomic E-state index is 12.0. The van der Waals surface area contributed by atoms with Gasteiger partial charge in [-0.15, -0.1) is 0 Å². The molecule has 4 heteroatoms. The van der Waals surface area contributed by atoms with Gasteiger partial charge >= 0.3 is 0 Å². The Bertz CT molecular complexity index is 398. The number of aryl methyl sites for hydroxylation is 1. The third kappa shape index (κ3) is 2.33. The van der Waals surface area contributed by atoms with Gasteiger partial charge in [0.2, 0.25) is 0 Å². The van der Waals surface area contributed by atoms with Crippen LogP contribution in [-0.2, 0) is 4.74 Å². The Balaban J connectivity index is 2.10. The minimum absolute atomic E-state index is 0.0692. The molecule has 0 radical (unpaired) electrons. The van der Waals surface area contributed by atoms with E-state index in [1.54, 1.807) is 12.1 Å². The van der Waals surface area contributed by atoms with Crippen LogP contribution in [0.3, 0.4) is 0 Å². The molecular weight excluding hydrogens is 204 g/mol. The van der Waals surface area contributed by atoms with Crippen molar-refractivity contribution < 1.29 is 9.53 Å². The summed E-state index contributed by atoms with van der Waals surface area (Å²) in [6, 6.07) is 5.49. The zero-order valence-corrected chi connectivity index (χ0v) is 9.32. The van der Waals surface area contributed by atoms with Crippen molar-refractivity contribution in [1.29, 1.82) is 0 Å². The van der Waals surface area contributed by atoms with E-state index in [4.69, 9.17) is 10.5 Å². The van der Waals surface area contributed by atoms with Crippen molar-refractivity contribution in [3.63, 3.8) is 0 Å². The Morgan fingerprint density at radius 1 is 1.56 bits per heavy atom. The SMILES string of the molecule is Cc1ccc(N)cc1C(=O)NC1CCOC1. The molecule has 1 aliphatic rings. The van der Waals surface area contributed by atoms with Crippen LogP contribution in [0.2, 0.25) is 0 Å². The van der Waals surface area contributed by atoms with Crippen molar-refractivity contribution in [2.75, 3.05) is 18.9 Å². The van der Waals surface area contributed by atoms with E-state index in [2.05, 4.69) is 5.32 Å². The summed E-state index contributed by atoms with van der Waals surface area (Å²) in [5, 5.41) is 2.94. The summed E-state index contributed by atoms with van der Waals surface area (Å²) in [5.74, 6) is -0.0692. The van der Waals surface area contributed by atoms with Gasteiger partial charge in [-0.1, -0.05) is 6.07 Å². The lowest BCUT2D eigenvalue weighted by Gasteiger charge is -2.12. The fourth-order valence-corrected chi connectivity index (χ4v) is 1.80. The molecule has 0 bridgehead atoms. The number of nitrogens with two attached hydrogens (primary N) is 1. The van der Waals surface area contributed by atoms with Crippen LogP contribution in [0.5, 0.6) is 0 Å². The Hall–Kier alpha value is -1.55. The van der Waals surface area contributed by atoms with Gasteiger partial charge in [0, 0.05) is 17.9 Å². The largest absolute Gasteiger partial charge is 0.399 e. The predicted octanol–water partition coefficient (Wildman–Crippen LogP) is 1.10. The van der Waals surface area contributed by atoms with Crippen LogP contribution < -0.4 is 11.1 Å². The van der Waals surface area contributed by atoms with Crippen LogP contribution in [0.25, 0.3) is 0 Å². The first-order valence-corrected chi connectivity index (χ1v) is 5.41. The fourth-order valence-electron chi connectivity index (χ4n) is 1.80. The van der Waals surface area contributed by atoms with Crippen LogP contribution in [0.1, 0.15) is 22.3 Å². The van der Waals surface area contributed by atoms with Crippen LogP contribution in [-0.4, -0.2) is 25.2 Å². The smallest absolute Gasteiger partial charge is 0.251 e. The molecule has 1 amide bonds. The van der Waals surface area contributed by atoms with Gasteiger partial charge in [0.1, 0.15) is 0 Å². The van der Waals surface area contributed by atoms with Crippen molar-refractivity contribution >= 4 is 11.6 Å². The van der Waals surface area contributed by atoms with E-state index in [9.17, 15) is 4.79 Å². The summed E-state index contributed by atoms with van der Waals surface area (Å²) >= 11 is 0. The quantitative estimate of drug-likeness (QED) is 0.733. The van der Waals surface area contributed by atoms with Crippen LogP contribution in [0.15, 0.2) is 18.2 Å². The average molecular weight is 220 g/mol. The number of nitrogens with one attached hydrogen (secondary N) is 1. The second kappa shape index (κ2) is 4.53. The number of hydrogen-bond acceptors (Lipinski definition) is 3. The molecule has 0 aliphatic carbocycles. The van der Waals surface area contributed by atoms with E-state index in [1.807, 2.05) is 13.0 Å². The molecule has 0 spiro atoms. The van der Waals surface area contributed by atoms with E-state index in [0.717, 1.165) is 18.6 Å². The highest BCUT2D eigenvalue weighted by atomic mass is 16.5. The topological polar surface area (TPSA) is 64.4 Å². The zero-order valence-electron chi connectivity index (χ0n) is 9.32. The third-order valence-corrected chi connectivity index (χ3v) is 2.77. The van der Waals surface area contributed by atoms with Gasteiger partial charge in [-0.3, -0.25) is 4.79 Å². The summed E-state index contributed by atoms with van der Waals surface area (Å²) in [7, 11) is 0. The molecule has 1 aromatic carbocycles. The van der Waals surface area contributed by atoms with Gasteiger partial charge in [-0.05, 0) is 31.0 Å². The summed E-state index contributed by atoms with van der Waals surface area (Å²) < 4.78 is 5.21. The van der Waals surface area contributed by atoms with Crippen LogP contribution in [0.4, 0.5) is 5.69 Å². The van der Waals surface area contributed by atoms with E-state index < -0.39 is 0 Å². The number of ether oxygens (including phenoxy) is 1. The van der Waals surface area contributed by atoms with Crippen molar-refractivity contribution in [3.05, 3.63) is 29.3 Å². The molecule has 1 saturated heterocycles. The first-order valence-electron chi connectivity index (χ1n) is 5.41. The van der Waals surface area contributed by atoms with Crippen molar-refractivity contribution in [2.45, 2.75) is 19.4 Å². The normalized spacial score (nSPS) is 19.7. The lowest BCUT2D eigenvalue weighted by molar-refractivity contribution is 0.0929. The van der Waals surface area contributed by atoms with Crippen molar-refractivity contribution in [2.24, 2.45) is 0 Å². The Morgan fingerprint density at radius 3 is 3.06 bits per heavy atom. The van der Waals surface area contributed by atoms with E-state index >= 15 is 0 Å². The summed E-state index contributed by atoms with van der Waals surface area (Å²) in [5.41, 5.74) is 7.86. The molecule has 1 aromatic rings. The Morgan fingerprint density at radius 2 is 2.38 bits per heavy atom. The predicted molar refractivity (Wildman–Crippen MR) is 62.3 cm³/mol.